The fourth-order valence-corrected chi connectivity index (χ4v) is 4.41. The maximum atomic E-state index is 12.9. The summed E-state index contributed by atoms with van der Waals surface area (Å²) in [5, 5.41) is 2.98. The number of hydrogen-bond acceptors (Lipinski definition) is 5. The second-order valence-corrected chi connectivity index (χ2v) is 7.72. The number of urea groups is 1. The zero-order valence-electron chi connectivity index (χ0n) is 17.8. The second kappa shape index (κ2) is 8.83. The Morgan fingerprint density at radius 3 is 2.37 bits per heavy atom. The van der Waals surface area contributed by atoms with Gasteiger partial charge >= 0.3 is 6.03 Å². The van der Waals surface area contributed by atoms with E-state index in [4.69, 9.17) is 14.2 Å². The van der Waals surface area contributed by atoms with Crippen molar-refractivity contribution in [1.82, 2.24) is 9.80 Å². The highest BCUT2D eigenvalue weighted by atomic mass is 16.5. The maximum absolute atomic E-state index is 12.9. The van der Waals surface area contributed by atoms with E-state index in [9.17, 15) is 4.79 Å². The van der Waals surface area contributed by atoms with Crippen LogP contribution in [0.1, 0.15) is 17.5 Å². The van der Waals surface area contributed by atoms with E-state index >= 15 is 0 Å². The molecular weight excluding hydrogens is 382 g/mol. The molecule has 2 aliphatic heterocycles. The van der Waals surface area contributed by atoms with E-state index < -0.39 is 0 Å². The highest BCUT2D eigenvalue weighted by molar-refractivity contribution is 5.90. The van der Waals surface area contributed by atoms with Crippen LogP contribution < -0.4 is 19.5 Å². The fraction of sp³-hybridized carbons (Fsp3) is 0.435. The number of fused-ring (bicyclic) bond motifs is 1. The lowest BCUT2D eigenvalue weighted by Crippen LogP contribution is -2.42. The molecule has 7 nitrogen and oxygen atoms in total. The third kappa shape index (κ3) is 4.03. The Hall–Kier alpha value is -2.93. The number of amides is 2. The summed E-state index contributed by atoms with van der Waals surface area (Å²) >= 11 is 0. The number of hydrogen-bond donors (Lipinski definition) is 1. The van der Waals surface area contributed by atoms with Crippen molar-refractivity contribution in [3.8, 4) is 17.2 Å². The van der Waals surface area contributed by atoms with Gasteiger partial charge in [0.25, 0.3) is 0 Å². The Morgan fingerprint density at radius 2 is 1.70 bits per heavy atom. The largest absolute Gasteiger partial charge is 0.493 e. The van der Waals surface area contributed by atoms with Crippen LogP contribution in [0.5, 0.6) is 17.2 Å². The van der Waals surface area contributed by atoms with Gasteiger partial charge in [-0.1, -0.05) is 24.3 Å². The summed E-state index contributed by atoms with van der Waals surface area (Å²) < 4.78 is 16.1. The summed E-state index contributed by atoms with van der Waals surface area (Å²) in [7, 11) is 4.68. The number of nitrogens with one attached hydrogen (secondary N) is 1. The van der Waals surface area contributed by atoms with E-state index in [2.05, 4.69) is 34.5 Å². The molecule has 0 aliphatic carbocycles. The van der Waals surface area contributed by atoms with Crippen LogP contribution in [0.2, 0.25) is 0 Å². The second-order valence-electron chi connectivity index (χ2n) is 7.72. The lowest BCUT2D eigenvalue weighted by atomic mass is 9.98. The van der Waals surface area contributed by atoms with Crippen LogP contribution in [0.3, 0.4) is 0 Å². The minimum atomic E-state index is -0.107. The van der Waals surface area contributed by atoms with Crippen molar-refractivity contribution in [3.05, 3.63) is 47.5 Å². The third-order valence-electron chi connectivity index (χ3n) is 6.04. The molecule has 1 saturated heterocycles. The van der Waals surface area contributed by atoms with Gasteiger partial charge < -0.3 is 24.4 Å². The first-order chi connectivity index (χ1) is 14.6. The number of carbonyl (C=O) groups excluding carboxylic acids is 1. The number of methoxy groups -OCH3 is 3. The van der Waals surface area contributed by atoms with E-state index in [0.29, 0.717) is 29.0 Å². The van der Waals surface area contributed by atoms with Crippen LogP contribution in [0.4, 0.5) is 10.5 Å². The summed E-state index contributed by atoms with van der Waals surface area (Å²) in [5.41, 5.74) is 3.47. The number of anilines is 1. The molecule has 0 saturated carbocycles. The number of carbonyl (C=O) groups is 1. The van der Waals surface area contributed by atoms with Gasteiger partial charge in [0.1, 0.15) is 0 Å². The number of nitrogens with zero attached hydrogens (tertiary/aromatic N) is 2. The first-order valence-corrected chi connectivity index (χ1v) is 10.3. The summed E-state index contributed by atoms with van der Waals surface area (Å²) in [6.45, 7) is 3.49. The molecule has 2 amide bonds. The molecule has 2 aromatic rings. The van der Waals surface area contributed by atoms with Crippen molar-refractivity contribution in [1.29, 1.82) is 0 Å². The zero-order valence-corrected chi connectivity index (χ0v) is 17.8. The van der Waals surface area contributed by atoms with Gasteiger partial charge in [-0.25, -0.2) is 4.79 Å². The molecule has 1 unspecified atom stereocenters. The average Bonchev–Trinajstić information content (AvgIpc) is 3.28. The highest BCUT2D eigenvalue weighted by Gasteiger charge is 2.32. The lowest BCUT2D eigenvalue weighted by Gasteiger charge is -2.33. The highest BCUT2D eigenvalue weighted by Crippen LogP contribution is 2.40. The molecule has 30 heavy (non-hydrogen) atoms. The predicted octanol–water partition coefficient (Wildman–Crippen LogP) is 3.38. The van der Waals surface area contributed by atoms with Gasteiger partial charge in [-0.3, -0.25) is 4.90 Å². The van der Waals surface area contributed by atoms with Gasteiger partial charge in [0.2, 0.25) is 5.75 Å². The van der Waals surface area contributed by atoms with E-state index in [-0.39, 0.29) is 6.03 Å². The van der Waals surface area contributed by atoms with Crippen LogP contribution in [0.25, 0.3) is 0 Å². The minimum absolute atomic E-state index is 0.107. The third-order valence-corrected chi connectivity index (χ3v) is 6.04. The van der Waals surface area contributed by atoms with Crippen molar-refractivity contribution in [2.45, 2.75) is 25.4 Å². The normalized spacial score (nSPS) is 18.6. The van der Waals surface area contributed by atoms with Gasteiger partial charge in [-0.05, 0) is 24.0 Å². The van der Waals surface area contributed by atoms with Crippen molar-refractivity contribution in [2.75, 3.05) is 46.3 Å². The molecule has 0 radical (unpaired) electrons. The monoisotopic (exact) mass is 411 g/mol. The topological polar surface area (TPSA) is 63.3 Å². The fourth-order valence-electron chi connectivity index (χ4n) is 4.41. The molecule has 2 aromatic carbocycles. The Balaban J connectivity index is 1.40. The van der Waals surface area contributed by atoms with Crippen LogP contribution in [-0.4, -0.2) is 62.8 Å². The predicted molar refractivity (Wildman–Crippen MR) is 116 cm³/mol. The maximum Gasteiger partial charge on any atom is 0.321 e. The summed E-state index contributed by atoms with van der Waals surface area (Å²) in [5.74, 6) is 1.53. The SMILES string of the molecule is COc1cc(NC(=O)N2CCC(N3CCc4ccccc4C3)C2)cc(OC)c1OC. The van der Waals surface area contributed by atoms with Crippen LogP contribution in [-0.2, 0) is 13.0 Å². The molecule has 2 heterocycles. The number of benzene rings is 2. The van der Waals surface area contributed by atoms with Crippen molar-refractivity contribution >= 4 is 11.7 Å². The van der Waals surface area contributed by atoms with E-state index in [0.717, 1.165) is 39.0 Å². The van der Waals surface area contributed by atoms with Crippen LogP contribution in [0.15, 0.2) is 36.4 Å². The number of rotatable bonds is 5. The van der Waals surface area contributed by atoms with Gasteiger partial charge in [0.05, 0.1) is 27.0 Å². The molecule has 160 valence electrons. The smallest absolute Gasteiger partial charge is 0.321 e. The summed E-state index contributed by atoms with van der Waals surface area (Å²) in [6, 6.07) is 12.4. The van der Waals surface area contributed by atoms with Gasteiger partial charge in [0.15, 0.2) is 11.5 Å². The molecule has 2 aliphatic rings. The molecule has 7 heteroatoms. The molecule has 0 bridgehead atoms. The first-order valence-electron chi connectivity index (χ1n) is 10.3. The Kier molecular flexibility index (Phi) is 5.99. The van der Waals surface area contributed by atoms with Crippen molar-refractivity contribution < 1.29 is 19.0 Å². The van der Waals surface area contributed by atoms with Crippen molar-refractivity contribution in [2.24, 2.45) is 0 Å². The molecule has 0 aromatic heterocycles. The Bertz CT molecular complexity index is 892. The average molecular weight is 412 g/mol. The quantitative estimate of drug-likeness (QED) is 0.817. The van der Waals surface area contributed by atoms with Crippen LogP contribution in [0, 0.1) is 0 Å². The zero-order chi connectivity index (χ0) is 21.1. The van der Waals surface area contributed by atoms with E-state index in [1.54, 1.807) is 33.5 Å². The lowest BCUT2D eigenvalue weighted by molar-refractivity contribution is 0.177. The van der Waals surface area contributed by atoms with Crippen molar-refractivity contribution in [3.63, 3.8) is 0 Å². The molecule has 4 rings (SSSR count). The summed E-state index contributed by atoms with van der Waals surface area (Å²) in [6.07, 6.45) is 2.06. The van der Waals surface area contributed by atoms with Crippen LogP contribution >= 0.6 is 0 Å². The molecule has 1 atom stereocenters. The van der Waals surface area contributed by atoms with Gasteiger partial charge in [-0.2, -0.15) is 0 Å². The number of ether oxygens (including phenoxy) is 3. The van der Waals surface area contributed by atoms with Gasteiger partial charge in [0, 0.05) is 44.4 Å². The minimum Gasteiger partial charge on any atom is -0.493 e. The van der Waals surface area contributed by atoms with Gasteiger partial charge in [-0.15, -0.1) is 0 Å². The standard InChI is InChI=1S/C23H29N3O4/c1-28-20-12-18(13-21(29-2)22(20)30-3)24-23(27)26-11-9-19(15-26)25-10-8-16-6-4-5-7-17(16)14-25/h4-7,12-13,19H,8-11,14-15H2,1-3H3,(H,24,27). The Labute approximate surface area is 177 Å². The Morgan fingerprint density at radius 1 is 1.00 bits per heavy atom. The van der Waals surface area contributed by atoms with E-state index in [1.807, 2.05) is 4.90 Å². The number of likely N-dealkylation sites (tertiary alicyclic amines) is 1. The first kappa shape index (κ1) is 20.3. The summed E-state index contributed by atoms with van der Waals surface area (Å²) in [4.78, 5) is 17.3. The van der Waals surface area contributed by atoms with E-state index in [1.165, 1.54) is 11.1 Å². The molecule has 0 spiro atoms. The molecule has 1 fully saturated rings. The molecule has 1 N–H and O–H groups in total. The molecular formula is C23H29N3O4.